The van der Waals surface area contributed by atoms with E-state index < -0.39 is 5.82 Å². The summed E-state index contributed by atoms with van der Waals surface area (Å²) in [6, 6.07) is 2.41. The van der Waals surface area contributed by atoms with Gasteiger partial charge in [0.05, 0.1) is 11.1 Å². The van der Waals surface area contributed by atoms with E-state index in [2.05, 4.69) is 4.98 Å². The van der Waals surface area contributed by atoms with Gasteiger partial charge >= 0.3 is 0 Å². The first-order valence-corrected chi connectivity index (χ1v) is 6.89. The largest absolute Gasteiger partial charge is 0.439 e. The van der Waals surface area contributed by atoms with E-state index in [9.17, 15) is 4.39 Å². The first-order valence-electron chi connectivity index (χ1n) is 5.12. The van der Waals surface area contributed by atoms with Crippen molar-refractivity contribution in [2.24, 2.45) is 5.73 Å². The Balaban J connectivity index is 2.31. The van der Waals surface area contributed by atoms with Crippen LogP contribution < -0.4 is 5.73 Å². The summed E-state index contributed by atoms with van der Waals surface area (Å²) in [4.78, 5) is 4.22. The van der Waals surface area contributed by atoms with Gasteiger partial charge in [-0.1, -0.05) is 11.6 Å². The molecule has 0 aliphatic carbocycles. The highest BCUT2D eigenvalue weighted by Crippen LogP contribution is 2.26. The SMILES string of the molecule is CSCCC(N)c1nc2cc(Cl)c(F)cc2o1. The first-order chi connectivity index (χ1) is 8.11. The Kier molecular flexibility index (Phi) is 3.91. The second kappa shape index (κ2) is 5.25. The average Bonchev–Trinajstić information content (AvgIpc) is 2.69. The smallest absolute Gasteiger partial charge is 0.212 e. The normalized spacial score (nSPS) is 13.2. The molecule has 92 valence electrons. The minimum Gasteiger partial charge on any atom is -0.439 e. The summed E-state index contributed by atoms with van der Waals surface area (Å²) in [5.74, 6) is 0.838. The van der Waals surface area contributed by atoms with Crippen LogP contribution in [0.15, 0.2) is 16.5 Å². The maximum absolute atomic E-state index is 13.2. The summed E-state index contributed by atoms with van der Waals surface area (Å²) in [7, 11) is 0. The summed E-state index contributed by atoms with van der Waals surface area (Å²) in [5, 5.41) is 0.0371. The molecule has 1 unspecified atom stereocenters. The van der Waals surface area contributed by atoms with E-state index in [1.54, 1.807) is 11.8 Å². The highest BCUT2D eigenvalue weighted by Gasteiger charge is 2.15. The average molecular weight is 275 g/mol. The Hall–Kier alpha value is -0.780. The molecule has 6 heteroatoms. The maximum Gasteiger partial charge on any atom is 0.212 e. The summed E-state index contributed by atoms with van der Waals surface area (Å²) >= 11 is 7.37. The number of halogens is 2. The van der Waals surface area contributed by atoms with Gasteiger partial charge in [0.1, 0.15) is 11.3 Å². The third kappa shape index (κ3) is 2.73. The van der Waals surface area contributed by atoms with Crippen LogP contribution in [0.4, 0.5) is 4.39 Å². The van der Waals surface area contributed by atoms with E-state index in [4.69, 9.17) is 21.8 Å². The number of rotatable bonds is 4. The minimum absolute atomic E-state index is 0.0371. The van der Waals surface area contributed by atoms with Crippen LogP contribution in [-0.2, 0) is 0 Å². The molecular formula is C11H12ClFN2OS. The van der Waals surface area contributed by atoms with Crippen molar-refractivity contribution in [1.29, 1.82) is 0 Å². The minimum atomic E-state index is -0.514. The van der Waals surface area contributed by atoms with E-state index in [0.717, 1.165) is 12.2 Å². The van der Waals surface area contributed by atoms with E-state index in [1.165, 1.54) is 12.1 Å². The molecule has 2 aromatic rings. The number of nitrogens with zero attached hydrogens (tertiary/aromatic N) is 1. The number of hydrogen-bond acceptors (Lipinski definition) is 4. The standard InChI is InChI=1S/C11H12ClFN2OS/c1-17-3-2-8(14)11-15-9-4-6(12)7(13)5-10(9)16-11/h4-5,8H,2-3,14H2,1H3. The van der Waals surface area contributed by atoms with Crippen LogP contribution in [0.25, 0.3) is 11.1 Å². The summed E-state index contributed by atoms with van der Waals surface area (Å²) < 4.78 is 18.6. The second-order valence-corrected chi connectivity index (χ2v) is 5.07. The predicted octanol–water partition coefficient (Wildman–Crippen LogP) is 3.37. The van der Waals surface area contributed by atoms with Gasteiger partial charge in [-0.25, -0.2) is 9.37 Å². The van der Waals surface area contributed by atoms with Crippen molar-refractivity contribution in [1.82, 2.24) is 4.98 Å². The third-order valence-electron chi connectivity index (χ3n) is 2.40. The lowest BCUT2D eigenvalue weighted by atomic mass is 10.2. The molecule has 2 N–H and O–H groups in total. The molecule has 0 amide bonds. The summed E-state index contributed by atoms with van der Waals surface area (Å²) in [5.41, 5.74) is 6.83. The van der Waals surface area contributed by atoms with Crippen LogP contribution in [-0.4, -0.2) is 17.0 Å². The number of nitrogens with two attached hydrogens (primary N) is 1. The van der Waals surface area contributed by atoms with E-state index in [-0.39, 0.29) is 11.1 Å². The van der Waals surface area contributed by atoms with E-state index in [0.29, 0.717) is 17.0 Å². The predicted molar refractivity (Wildman–Crippen MR) is 68.9 cm³/mol. The van der Waals surface area contributed by atoms with E-state index in [1.807, 2.05) is 6.26 Å². The van der Waals surface area contributed by atoms with Gasteiger partial charge in [0.15, 0.2) is 5.58 Å². The van der Waals surface area contributed by atoms with Crippen molar-refractivity contribution in [3.8, 4) is 0 Å². The zero-order chi connectivity index (χ0) is 12.4. The number of fused-ring (bicyclic) bond motifs is 1. The maximum atomic E-state index is 13.2. The molecular weight excluding hydrogens is 263 g/mol. The summed E-state index contributed by atoms with van der Waals surface area (Å²) in [6.07, 6.45) is 2.78. The number of hydrogen-bond donors (Lipinski definition) is 1. The Labute approximate surface area is 108 Å². The topological polar surface area (TPSA) is 52.0 Å². The summed E-state index contributed by atoms with van der Waals surface area (Å²) in [6.45, 7) is 0. The zero-order valence-corrected chi connectivity index (χ0v) is 10.8. The monoisotopic (exact) mass is 274 g/mol. The van der Waals surface area contributed by atoms with Crippen molar-refractivity contribution in [3.63, 3.8) is 0 Å². The molecule has 0 aliphatic heterocycles. The highest BCUT2D eigenvalue weighted by molar-refractivity contribution is 7.98. The lowest BCUT2D eigenvalue weighted by Crippen LogP contribution is -2.11. The second-order valence-electron chi connectivity index (χ2n) is 3.67. The van der Waals surface area contributed by atoms with Gasteiger partial charge in [0, 0.05) is 6.07 Å². The molecule has 1 aromatic heterocycles. The lowest BCUT2D eigenvalue weighted by Gasteiger charge is -2.04. The molecule has 17 heavy (non-hydrogen) atoms. The number of thioether (sulfide) groups is 1. The fourth-order valence-corrected chi connectivity index (χ4v) is 2.12. The molecule has 0 aliphatic rings. The number of oxazole rings is 1. The van der Waals surface area contributed by atoms with Crippen LogP contribution in [0.5, 0.6) is 0 Å². The molecule has 0 radical (unpaired) electrons. The molecule has 0 saturated heterocycles. The van der Waals surface area contributed by atoms with Crippen molar-refractivity contribution in [2.75, 3.05) is 12.0 Å². The molecule has 1 atom stereocenters. The van der Waals surface area contributed by atoms with Crippen molar-refractivity contribution in [2.45, 2.75) is 12.5 Å². The van der Waals surface area contributed by atoms with Crippen LogP contribution in [0.1, 0.15) is 18.4 Å². The molecule has 1 heterocycles. The molecule has 0 spiro atoms. The van der Waals surface area contributed by atoms with Crippen molar-refractivity contribution >= 4 is 34.5 Å². The molecule has 3 nitrogen and oxygen atoms in total. The fourth-order valence-electron chi connectivity index (χ4n) is 1.47. The first kappa shape index (κ1) is 12.7. The lowest BCUT2D eigenvalue weighted by molar-refractivity contribution is 0.469. The van der Waals surface area contributed by atoms with Crippen molar-refractivity contribution < 1.29 is 8.81 Å². The third-order valence-corrected chi connectivity index (χ3v) is 3.33. The Morgan fingerprint density at radius 3 is 3.06 bits per heavy atom. The molecule has 0 fully saturated rings. The van der Waals surface area contributed by atoms with Crippen LogP contribution >= 0.6 is 23.4 Å². The molecule has 2 rings (SSSR count). The number of aromatic nitrogens is 1. The van der Waals surface area contributed by atoms with Crippen LogP contribution in [0.3, 0.4) is 0 Å². The van der Waals surface area contributed by atoms with Gasteiger partial charge in [-0.3, -0.25) is 0 Å². The van der Waals surface area contributed by atoms with Crippen molar-refractivity contribution in [3.05, 3.63) is 28.9 Å². The quantitative estimate of drug-likeness (QED) is 0.929. The van der Waals surface area contributed by atoms with Gasteiger partial charge in [0.25, 0.3) is 0 Å². The van der Waals surface area contributed by atoms with Gasteiger partial charge in [-0.2, -0.15) is 11.8 Å². The zero-order valence-electron chi connectivity index (χ0n) is 9.24. The van der Waals surface area contributed by atoms with Gasteiger partial charge in [-0.15, -0.1) is 0 Å². The Bertz CT molecular complexity index is 492. The van der Waals surface area contributed by atoms with Crippen LogP contribution in [0.2, 0.25) is 5.02 Å². The Morgan fingerprint density at radius 1 is 1.59 bits per heavy atom. The molecule has 0 saturated carbocycles. The van der Waals surface area contributed by atoms with Gasteiger partial charge < -0.3 is 10.2 Å². The van der Waals surface area contributed by atoms with Gasteiger partial charge in [0.2, 0.25) is 5.89 Å². The molecule has 0 bridgehead atoms. The fraction of sp³-hybridized carbons (Fsp3) is 0.364. The van der Waals surface area contributed by atoms with Gasteiger partial charge in [-0.05, 0) is 24.5 Å². The highest BCUT2D eigenvalue weighted by atomic mass is 35.5. The number of benzene rings is 1. The Morgan fingerprint density at radius 2 is 2.35 bits per heavy atom. The van der Waals surface area contributed by atoms with E-state index >= 15 is 0 Å². The van der Waals surface area contributed by atoms with Crippen LogP contribution in [0, 0.1) is 5.82 Å². The molecule has 1 aromatic carbocycles.